The molecule has 0 aliphatic carbocycles. The first-order valence-corrected chi connectivity index (χ1v) is 20.7. The molecule has 40 heavy (non-hydrogen) atoms. The molecule has 0 fully saturated rings. The Bertz CT molecular complexity index is 474. The Labute approximate surface area is 278 Å². The Morgan fingerprint density at radius 3 is 0.700 bits per heavy atom. The number of hydrogen-bond donors (Lipinski definition) is 2. The minimum absolute atomic E-state index is 0.631. The molecule has 0 heterocycles. The third kappa shape index (κ3) is 39.0. The Balaban J connectivity index is 3.03. The summed E-state index contributed by atoms with van der Waals surface area (Å²) in [5.41, 5.74) is 0. The Kier molecular flexibility index (Phi) is 38.9. The fraction of sp³-hybridized carbons (Fsp3) is 0.972. The van der Waals surface area contributed by atoms with Gasteiger partial charge in [-0.25, -0.2) is 0 Å². The highest BCUT2D eigenvalue weighted by atomic mass is 127. The zero-order valence-electron chi connectivity index (χ0n) is 27.0. The molecule has 1 N–H and O–H groups in total. The average Bonchev–Trinajstić information content (AvgIpc) is 2.95. The molecule has 0 saturated carbocycles. The van der Waals surface area contributed by atoms with Crippen LogP contribution in [0.4, 0.5) is 0 Å². The van der Waals surface area contributed by atoms with Crippen LogP contribution in [0.25, 0.3) is 0 Å². The van der Waals surface area contributed by atoms with Gasteiger partial charge in [-0.15, -0.1) is 12.6 Å². The van der Waals surface area contributed by atoms with Crippen molar-refractivity contribution in [2.24, 2.45) is 0 Å². The summed E-state index contributed by atoms with van der Waals surface area (Å²) in [5.74, 6) is 0. The lowest BCUT2D eigenvalue weighted by molar-refractivity contribution is 0.511. The standard InChI is InChI=1S/C36H72INS2/c37-34-32-30-28-26-24-22-20-18-16-14-12-10-8-6-4-2-1-3-5-7-9-11-13-15-17-19-21-23-25-27-29-31-33-35-38-36(39)40/h1-35H2,(H2,38,39,40). The van der Waals surface area contributed by atoms with E-state index < -0.39 is 0 Å². The highest BCUT2D eigenvalue weighted by Crippen LogP contribution is 2.17. The largest absolute Gasteiger partial charge is 0.371 e. The molecular weight excluding hydrogens is 637 g/mol. The Morgan fingerprint density at radius 2 is 0.525 bits per heavy atom. The molecule has 0 aliphatic heterocycles. The van der Waals surface area contributed by atoms with E-state index in [1.807, 2.05) is 0 Å². The van der Waals surface area contributed by atoms with Crippen LogP contribution in [-0.4, -0.2) is 15.3 Å². The van der Waals surface area contributed by atoms with Crippen molar-refractivity contribution in [3.63, 3.8) is 0 Å². The van der Waals surface area contributed by atoms with Crippen molar-refractivity contribution < 1.29 is 0 Å². The van der Waals surface area contributed by atoms with E-state index in [2.05, 4.69) is 40.5 Å². The lowest BCUT2D eigenvalue weighted by Gasteiger charge is -2.05. The normalized spacial score (nSPS) is 11.3. The van der Waals surface area contributed by atoms with Crippen LogP contribution < -0.4 is 5.32 Å². The average molecular weight is 710 g/mol. The van der Waals surface area contributed by atoms with E-state index in [0.717, 1.165) is 6.54 Å². The van der Waals surface area contributed by atoms with E-state index in [0.29, 0.717) is 4.32 Å². The van der Waals surface area contributed by atoms with Crippen molar-refractivity contribution in [2.75, 3.05) is 11.0 Å². The minimum atomic E-state index is 0.631. The van der Waals surface area contributed by atoms with Crippen LogP contribution >= 0.6 is 47.4 Å². The molecule has 0 aromatic carbocycles. The third-order valence-electron chi connectivity index (χ3n) is 8.59. The number of nitrogens with one attached hydrogen (secondary N) is 1. The van der Waals surface area contributed by atoms with E-state index in [4.69, 9.17) is 12.2 Å². The zero-order valence-corrected chi connectivity index (χ0v) is 30.9. The van der Waals surface area contributed by atoms with Gasteiger partial charge in [0.2, 0.25) is 0 Å². The summed E-state index contributed by atoms with van der Waals surface area (Å²) in [6, 6.07) is 0. The minimum Gasteiger partial charge on any atom is -0.371 e. The first-order chi connectivity index (χ1) is 19.8. The van der Waals surface area contributed by atoms with Crippen molar-refractivity contribution in [3.05, 3.63) is 0 Å². The lowest BCUT2D eigenvalue weighted by atomic mass is 10.0. The van der Waals surface area contributed by atoms with Gasteiger partial charge >= 0.3 is 0 Å². The van der Waals surface area contributed by atoms with Crippen molar-refractivity contribution in [1.29, 1.82) is 0 Å². The molecule has 4 heteroatoms. The summed E-state index contributed by atoms with van der Waals surface area (Å²) in [7, 11) is 0. The van der Waals surface area contributed by atoms with Crippen molar-refractivity contribution in [2.45, 2.75) is 212 Å². The van der Waals surface area contributed by atoms with Gasteiger partial charge in [0.25, 0.3) is 0 Å². The van der Waals surface area contributed by atoms with Crippen LogP contribution in [0.3, 0.4) is 0 Å². The second kappa shape index (κ2) is 38.0. The second-order valence-corrected chi connectivity index (χ2v) is 14.8. The molecule has 0 atom stereocenters. The first-order valence-electron chi connectivity index (χ1n) is 18.3. The molecule has 240 valence electrons. The summed E-state index contributed by atoms with van der Waals surface area (Å²) in [4.78, 5) is 0. The van der Waals surface area contributed by atoms with E-state index in [1.54, 1.807) is 0 Å². The van der Waals surface area contributed by atoms with E-state index >= 15 is 0 Å². The number of alkyl halides is 1. The highest BCUT2D eigenvalue weighted by molar-refractivity contribution is 14.1. The first kappa shape index (κ1) is 41.0. The van der Waals surface area contributed by atoms with E-state index in [9.17, 15) is 0 Å². The lowest BCUT2D eigenvalue weighted by Crippen LogP contribution is -2.17. The topological polar surface area (TPSA) is 12.0 Å². The molecule has 0 aromatic rings. The van der Waals surface area contributed by atoms with Crippen LogP contribution in [0.1, 0.15) is 212 Å². The molecule has 1 nitrogen and oxygen atoms in total. The SMILES string of the molecule is S=C(S)NCCCCCCCCCCCCCCCCCCCCCCCCCCCCCCCCCCCI. The molecule has 0 aliphatic rings. The molecule has 0 saturated heterocycles. The Hall–Kier alpha value is 0.970. The molecule has 0 amide bonds. The summed E-state index contributed by atoms with van der Waals surface area (Å²) < 4.78 is 1.97. The summed E-state index contributed by atoms with van der Waals surface area (Å²) in [5, 5.41) is 3.12. The quantitative estimate of drug-likeness (QED) is 0.0223. The van der Waals surface area contributed by atoms with Crippen molar-refractivity contribution in [3.8, 4) is 0 Å². The molecule has 0 aromatic heterocycles. The second-order valence-electron chi connectivity index (χ2n) is 12.6. The van der Waals surface area contributed by atoms with Crippen LogP contribution in [-0.2, 0) is 0 Å². The fourth-order valence-electron chi connectivity index (χ4n) is 5.89. The van der Waals surface area contributed by atoms with Gasteiger partial charge in [0.1, 0.15) is 4.32 Å². The molecule has 0 rings (SSSR count). The van der Waals surface area contributed by atoms with Crippen molar-refractivity contribution in [1.82, 2.24) is 5.32 Å². The predicted molar refractivity (Wildman–Crippen MR) is 201 cm³/mol. The third-order valence-corrected chi connectivity index (χ3v) is 9.65. The van der Waals surface area contributed by atoms with Crippen LogP contribution in [0.5, 0.6) is 0 Å². The number of thiol groups is 1. The molecular formula is C36H72INS2. The Morgan fingerprint density at radius 1 is 0.350 bits per heavy atom. The van der Waals surface area contributed by atoms with Gasteiger partial charge in [-0.3, -0.25) is 0 Å². The van der Waals surface area contributed by atoms with Gasteiger partial charge in [-0.05, 0) is 17.3 Å². The number of hydrogen-bond acceptors (Lipinski definition) is 1. The monoisotopic (exact) mass is 709 g/mol. The molecule has 0 unspecified atom stereocenters. The van der Waals surface area contributed by atoms with Gasteiger partial charge < -0.3 is 5.32 Å². The maximum absolute atomic E-state index is 4.91. The van der Waals surface area contributed by atoms with E-state index in [-0.39, 0.29) is 0 Å². The summed E-state index contributed by atoms with van der Waals surface area (Å²) >= 11 is 11.5. The fourth-order valence-corrected chi connectivity index (χ4v) is 6.65. The van der Waals surface area contributed by atoms with Crippen LogP contribution in [0, 0.1) is 0 Å². The van der Waals surface area contributed by atoms with Crippen molar-refractivity contribution >= 4 is 51.8 Å². The number of rotatable bonds is 35. The van der Waals surface area contributed by atoms with Gasteiger partial charge in [-0.2, -0.15) is 0 Å². The summed E-state index contributed by atoms with van der Waals surface area (Å²) in [6.07, 6.45) is 48.1. The number of halogens is 1. The molecule has 0 radical (unpaired) electrons. The van der Waals surface area contributed by atoms with Crippen LogP contribution in [0.15, 0.2) is 0 Å². The smallest absolute Gasteiger partial charge is 0.130 e. The maximum Gasteiger partial charge on any atom is 0.130 e. The number of unbranched alkanes of at least 4 members (excludes halogenated alkanes) is 32. The van der Waals surface area contributed by atoms with Gasteiger partial charge in [0.05, 0.1) is 0 Å². The van der Waals surface area contributed by atoms with Gasteiger partial charge in [0, 0.05) is 6.54 Å². The zero-order chi connectivity index (χ0) is 29.0. The van der Waals surface area contributed by atoms with Crippen LogP contribution in [0.2, 0.25) is 0 Å². The molecule has 0 bridgehead atoms. The highest BCUT2D eigenvalue weighted by Gasteiger charge is 1.97. The predicted octanol–water partition coefficient (Wildman–Crippen LogP) is 14.1. The van der Waals surface area contributed by atoms with Gasteiger partial charge in [-0.1, -0.05) is 234 Å². The van der Waals surface area contributed by atoms with Gasteiger partial charge in [0.15, 0.2) is 0 Å². The van der Waals surface area contributed by atoms with E-state index in [1.165, 1.54) is 216 Å². The number of thiocarbonyl (C=S) groups is 1. The summed E-state index contributed by atoms with van der Waals surface area (Å²) in [6.45, 7) is 0.988. The maximum atomic E-state index is 4.91. The molecule has 0 spiro atoms.